The summed E-state index contributed by atoms with van der Waals surface area (Å²) in [6.45, 7) is -0.808. The molecule has 0 aromatic heterocycles. The number of hydrogen-bond acceptors (Lipinski definition) is 6. The van der Waals surface area contributed by atoms with Crippen molar-refractivity contribution in [3.8, 4) is 0 Å². The number of rotatable bonds is 12. The maximum absolute atomic E-state index is 12.5. The molecule has 8 heteroatoms. The highest BCUT2D eigenvalue weighted by atomic mass is 17.2. The van der Waals surface area contributed by atoms with E-state index in [1.807, 2.05) is 66.7 Å². The number of carboxylic acid groups (broad SMARTS) is 2. The van der Waals surface area contributed by atoms with E-state index in [1.165, 1.54) is 12.1 Å². The Labute approximate surface area is 225 Å². The SMILES string of the molecule is O=C(O)c1cc(Cc2ccccc2)ccc1COOCOC(=O)c1ccc(Cc2ccccc2)cc1C(=O)O. The van der Waals surface area contributed by atoms with E-state index in [0.29, 0.717) is 18.4 Å². The predicted molar refractivity (Wildman–Crippen MR) is 141 cm³/mol. The second-order valence-electron chi connectivity index (χ2n) is 8.74. The van der Waals surface area contributed by atoms with Crippen LogP contribution in [0.4, 0.5) is 0 Å². The molecule has 4 aromatic rings. The van der Waals surface area contributed by atoms with Crippen LogP contribution in [0.5, 0.6) is 0 Å². The maximum atomic E-state index is 12.5. The predicted octanol–water partition coefficient (Wildman–Crippen LogP) is 5.53. The van der Waals surface area contributed by atoms with Gasteiger partial charge in [0.05, 0.1) is 16.7 Å². The first-order valence-electron chi connectivity index (χ1n) is 12.1. The molecule has 0 saturated heterocycles. The largest absolute Gasteiger partial charge is 0.478 e. The van der Waals surface area contributed by atoms with Gasteiger partial charge in [0.15, 0.2) is 0 Å². The summed E-state index contributed by atoms with van der Waals surface area (Å²) >= 11 is 0. The lowest BCUT2D eigenvalue weighted by atomic mass is 9.99. The number of ether oxygens (including phenoxy) is 1. The maximum Gasteiger partial charge on any atom is 0.341 e. The number of carboxylic acids is 2. The highest BCUT2D eigenvalue weighted by molar-refractivity contribution is 6.02. The molecule has 0 fully saturated rings. The molecule has 0 radical (unpaired) electrons. The van der Waals surface area contributed by atoms with E-state index < -0.39 is 24.7 Å². The normalized spacial score (nSPS) is 10.7. The van der Waals surface area contributed by atoms with Gasteiger partial charge in [0.25, 0.3) is 0 Å². The molecule has 0 saturated carbocycles. The third kappa shape index (κ3) is 7.61. The van der Waals surface area contributed by atoms with Gasteiger partial charge < -0.3 is 14.9 Å². The van der Waals surface area contributed by atoms with Crippen molar-refractivity contribution in [2.24, 2.45) is 0 Å². The summed E-state index contributed by atoms with van der Waals surface area (Å²) in [7, 11) is 0. The zero-order valence-corrected chi connectivity index (χ0v) is 20.9. The van der Waals surface area contributed by atoms with Gasteiger partial charge in [-0.2, -0.15) is 4.89 Å². The lowest BCUT2D eigenvalue weighted by Crippen LogP contribution is -2.14. The van der Waals surface area contributed by atoms with Crippen molar-refractivity contribution in [3.63, 3.8) is 0 Å². The number of carbonyl (C=O) groups is 3. The van der Waals surface area contributed by atoms with E-state index in [0.717, 1.165) is 22.3 Å². The van der Waals surface area contributed by atoms with Crippen molar-refractivity contribution in [1.82, 2.24) is 0 Å². The number of aromatic carboxylic acids is 2. The van der Waals surface area contributed by atoms with Crippen LogP contribution >= 0.6 is 0 Å². The standard InChI is InChI=1S/C31H26O8/c32-29(33)27-17-23(15-21-7-3-1-4-8-21)11-13-25(27)19-38-39-20-37-31(36)26-14-12-24(18-28(26)30(34)35)16-22-9-5-2-6-10-22/h1-14,17-18H,15-16,19-20H2,(H,32,33)(H,34,35). The van der Waals surface area contributed by atoms with Crippen LogP contribution in [0, 0.1) is 0 Å². The molecule has 0 bridgehead atoms. The van der Waals surface area contributed by atoms with E-state index in [4.69, 9.17) is 14.5 Å². The number of esters is 1. The molecule has 0 aliphatic rings. The van der Waals surface area contributed by atoms with Crippen LogP contribution in [0.2, 0.25) is 0 Å². The number of benzene rings is 4. The summed E-state index contributed by atoms with van der Waals surface area (Å²) in [5, 5.41) is 19.2. The van der Waals surface area contributed by atoms with E-state index in [2.05, 4.69) is 0 Å². The highest BCUT2D eigenvalue weighted by Crippen LogP contribution is 2.19. The third-order valence-electron chi connectivity index (χ3n) is 5.98. The molecule has 0 heterocycles. The second-order valence-corrected chi connectivity index (χ2v) is 8.74. The van der Waals surface area contributed by atoms with E-state index in [1.54, 1.807) is 18.2 Å². The van der Waals surface area contributed by atoms with Crippen LogP contribution in [0.3, 0.4) is 0 Å². The van der Waals surface area contributed by atoms with Crippen LogP contribution < -0.4 is 0 Å². The molecule has 8 nitrogen and oxygen atoms in total. The van der Waals surface area contributed by atoms with Crippen LogP contribution in [0.25, 0.3) is 0 Å². The highest BCUT2D eigenvalue weighted by Gasteiger charge is 2.19. The van der Waals surface area contributed by atoms with E-state index in [9.17, 15) is 24.6 Å². The molecule has 4 aromatic carbocycles. The van der Waals surface area contributed by atoms with E-state index >= 15 is 0 Å². The minimum absolute atomic E-state index is 0.0747. The topological polar surface area (TPSA) is 119 Å². The van der Waals surface area contributed by atoms with Gasteiger partial charge in [-0.1, -0.05) is 78.9 Å². The second kappa shape index (κ2) is 13.1. The molecule has 0 unspecified atom stereocenters. The van der Waals surface area contributed by atoms with Gasteiger partial charge in [0.2, 0.25) is 6.79 Å². The molecule has 198 valence electrons. The Hall–Kier alpha value is -4.79. The molecular formula is C31H26O8. The van der Waals surface area contributed by atoms with Crippen molar-refractivity contribution >= 4 is 17.9 Å². The Morgan fingerprint density at radius 2 is 1.10 bits per heavy atom. The van der Waals surface area contributed by atoms with Gasteiger partial charge in [-0.3, -0.25) is 0 Å². The molecule has 0 atom stereocenters. The summed E-state index contributed by atoms with van der Waals surface area (Å²) in [5.74, 6) is -3.25. The number of carbonyl (C=O) groups excluding carboxylic acids is 1. The first kappa shape index (κ1) is 27.3. The summed E-state index contributed by atoms with van der Waals surface area (Å²) in [6, 6.07) is 28.8. The number of hydrogen-bond donors (Lipinski definition) is 2. The van der Waals surface area contributed by atoms with Gasteiger partial charge >= 0.3 is 17.9 Å². The fourth-order valence-corrected chi connectivity index (χ4v) is 4.07. The van der Waals surface area contributed by atoms with Crippen molar-refractivity contribution in [2.45, 2.75) is 19.4 Å². The fourth-order valence-electron chi connectivity index (χ4n) is 4.07. The Morgan fingerprint density at radius 3 is 1.67 bits per heavy atom. The van der Waals surface area contributed by atoms with Gasteiger partial charge in [0, 0.05) is 0 Å². The molecule has 4 rings (SSSR count). The molecule has 0 aliphatic carbocycles. The Bertz CT molecular complexity index is 1450. The van der Waals surface area contributed by atoms with E-state index in [-0.39, 0.29) is 23.3 Å². The minimum Gasteiger partial charge on any atom is -0.478 e. The van der Waals surface area contributed by atoms with Gasteiger partial charge in [-0.05, 0) is 58.9 Å². The summed E-state index contributed by atoms with van der Waals surface area (Å²) in [4.78, 5) is 46.0. The van der Waals surface area contributed by atoms with Gasteiger partial charge in [-0.15, -0.1) is 0 Å². The third-order valence-corrected chi connectivity index (χ3v) is 5.98. The smallest absolute Gasteiger partial charge is 0.341 e. The first-order chi connectivity index (χ1) is 18.9. The quantitative estimate of drug-likeness (QED) is 0.0813. The molecule has 0 aliphatic heterocycles. The van der Waals surface area contributed by atoms with Crippen molar-refractivity contribution in [2.75, 3.05) is 6.79 Å². The van der Waals surface area contributed by atoms with Crippen LogP contribution in [-0.2, 0) is 34.0 Å². The summed E-state index contributed by atoms with van der Waals surface area (Å²) in [6.07, 6.45) is 1.10. The van der Waals surface area contributed by atoms with Crippen molar-refractivity contribution < 1.29 is 39.1 Å². The lowest BCUT2D eigenvalue weighted by Gasteiger charge is -2.11. The molecular weight excluding hydrogens is 500 g/mol. The Kier molecular flexibility index (Phi) is 9.18. The minimum atomic E-state index is -1.26. The van der Waals surface area contributed by atoms with Crippen molar-refractivity contribution in [1.29, 1.82) is 0 Å². The lowest BCUT2D eigenvalue weighted by molar-refractivity contribution is -0.335. The molecule has 0 amide bonds. The summed E-state index contributed by atoms with van der Waals surface area (Å²) in [5.41, 5.74) is 3.78. The first-order valence-corrected chi connectivity index (χ1v) is 12.1. The molecule has 0 spiro atoms. The Balaban J connectivity index is 1.31. The van der Waals surface area contributed by atoms with Crippen molar-refractivity contribution in [3.05, 3.63) is 142 Å². The average molecular weight is 527 g/mol. The van der Waals surface area contributed by atoms with Gasteiger partial charge in [-0.25, -0.2) is 19.3 Å². The zero-order valence-electron chi connectivity index (χ0n) is 20.9. The average Bonchev–Trinajstić information content (AvgIpc) is 2.94. The van der Waals surface area contributed by atoms with Crippen LogP contribution in [0.15, 0.2) is 97.1 Å². The molecule has 2 N–H and O–H groups in total. The zero-order chi connectivity index (χ0) is 27.6. The monoisotopic (exact) mass is 526 g/mol. The molecule has 39 heavy (non-hydrogen) atoms. The Morgan fingerprint density at radius 1 is 0.564 bits per heavy atom. The van der Waals surface area contributed by atoms with Gasteiger partial charge in [0.1, 0.15) is 6.61 Å². The summed E-state index contributed by atoms with van der Waals surface area (Å²) < 4.78 is 5.01. The van der Waals surface area contributed by atoms with Crippen LogP contribution in [0.1, 0.15) is 58.9 Å². The fraction of sp³-hybridized carbons (Fsp3) is 0.129. The van der Waals surface area contributed by atoms with Crippen LogP contribution in [-0.4, -0.2) is 34.9 Å².